The molecule has 7 nitrogen and oxygen atoms in total. The first kappa shape index (κ1) is 25.8. The van der Waals surface area contributed by atoms with Crippen molar-refractivity contribution in [2.75, 3.05) is 13.1 Å². The second-order valence-corrected chi connectivity index (χ2v) is 11.9. The first-order valence-electron chi connectivity index (χ1n) is 12.3. The molecule has 9 heteroatoms. The summed E-state index contributed by atoms with van der Waals surface area (Å²) >= 11 is 1.46. The summed E-state index contributed by atoms with van der Waals surface area (Å²) in [5.41, 5.74) is 2.32. The van der Waals surface area contributed by atoms with Crippen molar-refractivity contribution < 1.29 is 17.9 Å². The highest BCUT2D eigenvalue weighted by Crippen LogP contribution is 2.28. The summed E-state index contributed by atoms with van der Waals surface area (Å²) in [6.07, 6.45) is 5.54. The quantitative estimate of drug-likeness (QED) is 0.164. The minimum absolute atomic E-state index is 0.175. The van der Waals surface area contributed by atoms with E-state index >= 15 is 0 Å². The van der Waals surface area contributed by atoms with Crippen LogP contribution in [0.5, 0.6) is 5.75 Å². The zero-order chi connectivity index (χ0) is 26.5. The number of carbonyl (C=O) groups excluding carboxylic acids is 1. The van der Waals surface area contributed by atoms with Crippen molar-refractivity contribution in [2.45, 2.75) is 30.6 Å². The van der Waals surface area contributed by atoms with Gasteiger partial charge in [0, 0.05) is 13.1 Å². The Bertz CT molecular complexity index is 1590. The molecule has 0 radical (unpaired) electrons. The Labute approximate surface area is 225 Å². The van der Waals surface area contributed by atoms with Crippen molar-refractivity contribution in [1.82, 2.24) is 9.29 Å². The lowest BCUT2D eigenvalue weighted by Gasteiger charge is -2.19. The molecule has 1 fully saturated rings. The molecule has 3 aromatic carbocycles. The van der Waals surface area contributed by atoms with Gasteiger partial charge in [-0.3, -0.25) is 0 Å². The standard InChI is InChI=1S/C29H25N3O4S2/c30-20-23(28-31-26-7-3-4-8-27(26)37-28)19-21-9-13-24(14-10-21)36-29(33)22-11-15-25(16-12-22)38(34,35)32-17-5-1-2-6-18-32/h3-4,7-16,19H,1-2,5-6,17-18H2. The Morgan fingerprint density at radius 1 is 0.947 bits per heavy atom. The highest BCUT2D eigenvalue weighted by atomic mass is 32.2. The molecule has 0 spiro atoms. The first-order chi connectivity index (χ1) is 18.4. The van der Waals surface area contributed by atoms with Crippen LogP contribution in [0.1, 0.15) is 46.6 Å². The van der Waals surface area contributed by atoms with E-state index in [0.29, 0.717) is 29.4 Å². The molecule has 1 aliphatic rings. The van der Waals surface area contributed by atoms with Gasteiger partial charge in [-0.15, -0.1) is 11.3 Å². The normalized spacial score (nSPS) is 15.1. The molecule has 5 rings (SSSR count). The van der Waals surface area contributed by atoms with Gasteiger partial charge in [-0.25, -0.2) is 18.2 Å². The second kappa shape index (κ2) is 11.3. The lowest BCUT2D eigenvalue weighted by molar-refractivity contribution is 0.0734. The summed E-state index contributed by atoms with van der Waals surface area (Å²) in [6, 6.07) is 22.6. The van der Waals surface area contributed by atoms with Gasteiger partial charge in [0.2, 0.25) is 10.0 Å². The molecule has 0 saturated carbocycles. The smallest absolute Gasteiger partial charge is 0.343 e. The monoisotopic (exact) mass is 543 g/mol. The van der Waals surface area contributed by atoms with E-state index in [1.54, 1.807) is 30.3 Å². The second-order valence-electron chi connectivity index (χ2n) is 8.96. The number of carbonyl (C=O) groups is 1. The third-order valence-corrected chi connectivity index (χ3v) is 9.32. The number of esters is 1. The molecule has 0 unspecified atom stereocenters. The van der Waals surface area contributed by atoms with Crippen LogP contribution in [0.3, 0.4) is 0 Å². The van der Waals surface area contributed by atoms with Crippen LogP contribution in [0.15, 0.2) is 77.7 Å². The van der Waals surface area contributed by atoms with E-state index in [1.165, 1.54) is 39.9 Å². The van der Waals surface area contributed by atoms with Gasteiger partial charge < -0.3 is 4.74 Å². The lowest BCUT2D eigenvalue weighted by atomic mass is 10.1. The molecule has 38 heavy (non-hydrogen) atoms. The predicted molar refractivity (Wildman–Crippen MR) is 148 cm³/mol. The van der Waals surface area contributed by atoms with E-state index in [4.69, 9.17) is 4.74 Å². The van der Waals surface area contributed by atoms with Crippen LogP contribution >= 0.6 is 11.3 Å². The van der Waals surface area contributed by atoms with Gasteiger partial charge >= 0.3 is 5.97 Å². The number of aromatic nitrogens is 1. The van der Waals surface area contributed by atoms with Crippen molar-refractivity contribution >= 4 is 49.2 Å². The third kappa shape index (κ3) is 5.68. The van der Waals surface area contributed by atoms with Gasteiger partial charge in [-0.2, -0.15) is 9.57 Å². The number of nitrogens with zero attached hydrogens (tertiary/aromatic N) is 3. The molecular weight excluding hydrogens is 518 g/mol. The molecular formula is C29H25N3O4S2. The molecule has 0 bridgehead atoms. The molecule has 192 valence electrons. The first-order valence-corrected chi connectivity index (χ1v) is 14.6. The van der Waals surface area contributed by atoms with Crippen LogP contribution < -0.4 is 4.74 Å². The van der Waals surface area contributed by atoms with Crippen LogP contribution in [-0.4, -0.2) is 36.8 Å². The third-order valence-electron chi connectivity index (χ3n) is 6.34. The molecule has 1 aliphatic heterocycles. The number of para-hydroxylation sites is 1. The van der Waals surface area contributed by atoms with Crippen molar-refractivity contribution in [1.29, 1.82) is 5.26 Å². The fourth-order valence-corrected chi connectivity index (χ4v) is 6.74. The largest absolute Gasteiger partial charge is 0.423 e. The van der Waals surface area contributed by atoms with Crippen LogP contribution in [0.4, 0.5) is 0 Å². The fraction of sp³-hybridized carbons (Fsp3) is 0.207. The molecule has 1 aromatic heterocycles. The number of sulfonamides is 1. The number of fused-ring (bicyclic) bond motifs is 1. The molecule has 0 N–H and O–H groups in total. The topological polar surface area (TPSA) is 100 Å². The van der Waals surface area contributed by atoms with Crippen LogP contribution in [0.2, 0.25) is 0 Å². The van der Waals surface area contributed by atoms with Gasteiger partial charge in [0.15, 0.2) is 0 Å². The summed E-state index contributed by atoms with van der Waals surface area (Å²) in [5.74, 6) is -0.244. The molecule has 1 saturated heterocycles. The van der Waals surface area contributed by atoms with E-state index in [0.717, 1.165) is 41.5 Å². The summed E-state index contributed by atoms with van der Waals surface area (Å²) in [6.45, 7) is 1.04. The van der Waals surface area contributed by atoms with Crippen molar-refractivity contribution in [3.8, 4) is 11.8 Å². The average molecular weight is 544 g/mol. The molecule has 0 aliphatic carbocycles. The molecule has 0 amide bonds. The van der Waals surface area contributed by atoms with Gasteiger partial charge in [-0.1, -0.05) is 37.1 Å². The molecule has 2 heterocycles. The molecule has 0 atom stereocenters. The maximum atomic E-state index is 13.0. The highest BCUT2D eigenvalue weighted by molar-refractivity contribution is 7.89. The van der Waals surface area contributed by atoms with Crippen LogP contribution in [-0.2, 0) is 10.0 Å². The predicted octanol–water partition coefficient (Wildman–Crippen LogP) is 6.14. The zero-order valence-electron chi connectivity index (χ0n) is 20.5. The van der Waals surface area contributed by atoms with E-state index in [1.807, 2.05) is 24.3 Å². The number of hydrogen-bond donors (Lipinski definition) is 0. The number of benzene rings is 3. The number of ether oxygens (including phenoxy) is 1. The number of thiazole rings is 1. The SMILES string of the molecule is N#CC(=Cc1ccc(OC(=O)c2ccc(S(=O)(=O)N3CCCCCC3)cc2)cc1)c1nc2ccccc2s1. The minimum atomic E-state index is -3.58. The zero-order valence-corrected chi connectivity index (χ0v) is 22.2. The summed E-state index contributed by atoms with van der Waals surface area (Å²) < 4.78 is 33.9. The average Bonchev–Trinajstić information content (AvgIpc) is 3.17. The van der Waals surface area contributed by atoms with Gasteiger partial charge in [0.1, 0.15) is 16.8 Å². The van der Waals surface area contributed by atoms with Crippen LogP contribution in [0, 0.1) is 11.3 Å². The Kier molecular flexibility index (Phi) is 7.65. The summed E-state index contributed by atoms with van der Waals surface area (Å²) in [5, 5.41) is 10.3. The van der Waals surface area contributed by atoms with Crippen molar-refractivity contribution in [3.05, 3.63) is 88.9 Å². The van der Waals surface area contributed by atoms with E-state index in [2.05, 4.69) is 11.1 Å². The maximum Gasteiger partial charge on any atom is 0.343 e. The number of nitriles is 1. The summed E-state index contributed by atoms with van der Waals surface area (Å²) in [7, 11) is -3.58. The Morgan fingerprint density at radius 3 is 2.29 bits per heavy atom. The van der Waals surface area contributed by atoms with Crippen LogP contribution in [0.25, 0.3) is 21.9 Å². The van der Waals surface area contributed by atoms with E-state index < -0.39 is 16.0 Å². The Morgan fingerprint density at radius 2 is 1.63 bits per heavy atom. The van der Waals surface area contributed by atoms with E-state index in [-0.39, 0.29) is 10.5 Å². The van der Waals surface area contributed by atoms with Gasteiger partial charge in [-0.05, 0) is 73.0 Å². The van der Waals surface area contributed by atoms with E-state index in [9.17, 15) is 18.5 Å². The highest BCUT2D eigenvalue weighted by Gasteiger charge is 2.25. The summed E-state index contributed by atoms with van der Waals surface area (Å²) in [4.78, 5) is 17.4. The Balaban J connectivity index is 1.26. The van der Waals surface area contributed by atoms with Crippen molar-refractivity contribution in [2.24, 2.45) is 0 Å². The number of rotatable bonds is 6. The van der Waals surface area contributed by atoms with Gasteiger partial charge in [0.05, 0.1) is 26.2 Å². The Hall–Kier alpha value is -3.84. The fourth-order valence-electron chi connectivity index (χ4n) is 4.29. The number of allylic oxidation sites excluding steroid dienone is 1. The lowest BCUT2D eigenvalue weighted by Crippen LogP contribution is -2.31. The number of hydrogen-bond acceptors (Lipinski definition) is 7. The minimum Gasteiger partial charge on any atom is -0.423 e. The van der Waals surface area contributed by atoms with Crippen molar-refractivity contribution in [3.63, 3.8) is 0 Å². The molecule has 4 aromatic rings. The maximum absolute atomic E-state index is 13.0. The van der Waals surface area contributed by atoms with Gasteiger partial charge in [0.25, 0.3) is 0 Å².